The fourth-order valence-corrected chi connectivity index (χ4v) is 3.41. The molecule has 1 unspecified atom stereocenters. The third-order valence-electron chi connectivity index (χ3n) is 3.74. The van der Waals surface area contributed by atoms with Crippen LogP contribution in [0.15, 0.2) is 23.1 Å². The number of amides is 1. The smallest absolute Gasteiger partial charge is 0.253 e. The molecule has 6 nitrogen and oxygen atoms in total. The Kier molecular flexibility index (Phi) is 5.02. The molecule has 0 aromatic heterocycles. The number of halogens is 1. The third kappa shape index (κ3) is 4.06. The van der Waals surface area contributed by atoms with Gasteiger partial charge in [0.15, 0.2) is 0 Å². The summed E-state index contributed by atoms with van der Waals surface area (Å²) in [5.41, 5.74) is 0.0647. The first kappa shape index (κ1) is 17.4. The number of nitriles is 1. The second-order valence-electron chi connectivity index (χ2n) is 5.67. The van der Waals surface area contributed by atoms with Crippen LogP contribution in [0.5, 0.6) is 0 Å². The fraction of sp³-hybridized carbons (Fsp3) is 0.467. The average Bonchev–Trinajstić information content (AvgIpc) is 3.29. The number of carbonyl (C=O) groups excluding carboxylic acids is 1. The summed E-state index contributed by atoms with van der Waals surface area (Å²) in [4.78, 5) is 13.2. The Morgan fingerprint density at radius 3 is 2.74 bits per heavy atom. The first-order valence-corrected chi connectivity index (χ1v) is 8.70. The molecule has 0 heterocycles. The Balaban J connectivity index is 2.29. The first-order valence-electron chi connectivity index (χ1n) is 7.22. The number of nitrogens with one attached hydrogen (secondary N) is 1. The number of benzene rings is 1. The van der Waals surface area contributed by atoms with Crippen LogP contribution >= 0.6 is 0 Å². The van der Waals surface area contributed by atoms with E-state index < -0.39 is 26.6 Å². The Morgan fingerprint density at radius 2 is 2.17 bits per heavy atom. The van der Waals surface area contributed by atoms with Crippen molar-refractivity contribution in [2.24, 2.45) is 0 Å². The van der Waals surface area contributed by atoms with Crippen LogP contribution in [0.4, 0.5) is 4.39 Å². The summed E-state index contributed by atoms with van der Waals surface area (Å²) in [6.45, 7) is 1.71. The summed E-state index contributed by atoms with van der Waals surface area (Å²) >= 11 is 0. The molecular weight excluding hydrogens is 321 g/mol. The van der Waals surface area contributed by atoms with Crippen molar-refractivity contribution in [2.75, 3.05) is 7.05 Å². The van der Waals surface area contributed by atoms with E-state index in [-0.39, 0.29) is 24.1 Å². The van der Waals surface area contributed by atoms with Gasteiger partial charge in [0.05, 0.1) is 12.5 Å². The quantitative estimate of drug-likeness (QED) is 0.853. The van der Waals surface area contributed by atoms with Crippen molar-refractivity contribution in [1.29, 1.82) is 5.26 Å². The van der Waals surface area contributed by atoms with Gasteiger partial charge in [-0.3, -0.25) is 4.79 Å². The van der Waals surface area contributed by atoms with Gasteiger partial charge in [-0.15, -0.1) is 0 Å². The second-order valence-corrected chi connectivity index (χ2v) is 7.35. The maximum Gasteiger partial charge on any atom is 0.253 e. The highest BCUT2D eigenvalue weighted by atomic mass is 32.2. The zero-order chi connectivity index (χ0) is 17.2. The van der Waals surface area contributed by atoms with Gasteiger partial charge in [0.25, 0.3) is 5.91 Å². The van der Waals surface area contributed by atoms with Crippen LogP contribution in [-0.2, 0) is 10.0 Å². The van der Waals surface area contributed by atoms with Crippen LogP contribution in [0.3, 0.4) is 0 Å². The summed E-state index contributed by atoms with van der Waals surface area (Å²) < 4.78 is 40.6. The highest BCUT2D eigenvalue weighted by Crippen LogP contribution is 2.24. The molecule has 1 atom stereocenters. The van der Waals surface area contributed by atoms with E-state index in [1.807, 2.05) is 6.07 Å². The van der Waals surface area contributed by atoms with E-state index in [0.717, 1.165) is 25.0 Å². The molecule has 0 spiro atoms. The monoisotopic (exact) mass is 339 g/mol. The van der Waals surface area contributed by atoms with E-state index in [1.165, 1.54) is 18.0 Å². The molecule has 23 heavy (non-hydrogen) atoms. The lowest BCUT2D eigenvalue weighted by atomic mass is 10.1. The van der Waals surface area contributed by atoms with Gasteiger partial charge in [-0.05, 0) is 38.0 Å². The van der Waals surface area contributed by atoms with Gasteiger partial charge in [-0.2, -0.15) is 5.26 Å². The molecule has 1 fully saturated rings. The third-order valence-corrected chi connectivity index (χ3v) is 5.27. The molecule has 8 heteroatoms. The molecule has 1 aliphatic rings. The minimum atomic E-state index is -3.99. The normalized spacial score (nSPS) is 15.7. The largest absolute Gasteiger partial charge is 0.338 e. The number of sulfonamides is 1. The average molecular weight is 339 g/mol. The summed E-state index contributed by atoms with van der Waals surface area (Å²) in [5.74, 6) is -1.36. The number of hydrogen-bond acceptors (Lipinski definition) is 4. The molecule has 124 valence electrons. The van der Waals surface area contributed by atoms with Crippen molar-refractivity contribution in [1.82, 2.24) is 9.62 Å². The van der Waals surface area contributed by atoms with E-state index in [4.69, 9.17) is 5.26 Å². The Bertz CT molecular complexity index is 754. The second kappa shape index (κ2) is 6.64. The van der Waals surface area contributed by atoms with Crippen LogP contribution in [0.1, 0.15) is 36.5 Å². The van der Waals surface area contributed by atoms with Crippen LogP contribution < -0.4 is 4.72 Å². The van der Waals surface area contributed by atoms with E-state index >= 15 is 0 Å². The number of hydrogen-bond donors (Lipinski definition) is 1. The lowest BCUT2D eigenvalue weighted by molar-refractivity contribution is 0.0746. The lowest BCUT2D eigenvalue weighted by Gasteiger charge is -2.23. The van der Waals surface area contributed by atoms with Crippen LogP contribution in [0.25, 0.3) is 0 Å². The van der Waals surface area contributed by atoms with Gasteiger partial charge in [-0.1, -0.05) is 0 Å². The van der Waals surface area contributed by atoms with Crippen molar-refractivity contribution in [3.8, 4) is 6.07 Å². The van der Waals surface area contributed by atoms with Gasteiger partial charge >= 0.3 is 0 Å². The fourth-order valence-electron chi connectivity index (χ4n) is 2.00. The molecule has 0 bridgehead atoms. The van der Waals surface area contributed by atoms with Crippen molar-refractivity contribution in [3.05, 3.63) is 29.6 Å². The Morgan fingerprint density at radius 1 is 1.52 bits per heavy atom. The predicted octanol–water partition coefficient (Wildman–Crippen LogP) is 1.64. The minimum absolute atomic E-state index is 0.0647. The lowest BCUT2D eigenvalue weighted by Crippen LogP contribution is -2.35. The van der Waals surface area contributed by atoms with E-state index in [9.17, 15) is 17.6 Å². The van der Waals surface area contributed by atoms with E-state index in [2.05, 4.69) is 4.72 Å². The predicted molar refractivity (Wildman–Crippen MR) is 81.5 cm³/mol. The van der Waals surface area contributed by atoms with Gasteiger partial charge < -0.3 is 4.90 Å². The van der Waals surface area contributed by atoms with Crippen LogP contribution in [0, 0.1) is 17.1 Å². The van der Waals surface area contributed by atoms with Crippen molar-refractivity contribution >= 4 is 15.9 Å². The zero-order valence-electron chi connectivity index (χ0n) is 12.9. The molecular formula is C15H18FN3O3S. The Labute approximate surface area is 135 Å². The maximum absolute atomic E-state index is 13.9. The number of rotatable bonds is 6. The van der Waals surface area contributed by atoms with Crippen LogP contribution in [0.2, 0.25) is 0 Å². The van der Waals surface area contributed by atoms with Crippen LogP contribution in [-0.4, -0.2) is 38.4 Å². The van der Waals surface area contributed by atoms with E-state index in [0.29, 0.717) is 0 Å². The molecule has 1 saturated carbocycles. The summed E-state index contributed by atoms with van der Waals surface area (Å²) in [5, 5.41) is 8.69. The maximum atomic E-state index is 13.9. The molecule has 1 amide bonds. The van der Waals surface area contributed by atoms with E-state index in [1.54, 1.807) is 6.92 Å². The highest BCUT2D eigenvalue weighted by Gasteiger charge is 2.30. The summed E-state index contributed by atoms with van der Waals surface area (Å²) in [7, 11) is -2.47. The molecule has 1 N–H and O–H groups in total. The number of carbonyl (C=O) groups is 1. The van der Waals surface area contributed by atoms with Gasteiger partial charge in [0.2, 0.25) is 10.0 Å². The highest BCUT2D eigenvalue weighted by molar-refractivity contribution is 7.89. The summed E-state index contributed by atoms with van der Waals surface area (Å²) in [6, 6.07) is 4.73. The molecule has 1 aliphatic carbocycles. The molecule has 0 radical (unpaired) electrons. The summed E-state index contributed by atoms with van der Waals surface area (Å²) in [6.07, 6.45) is 1.61. The van der Waals surface area contributed by atoms with Crippen molar-refractivity contribution in [3.63, 3.8) is 0 Å². The topological polar surface area (TPSA) is 90.3 Å². The molecule has 1 aromatic rings. The van der Waals surface area contributed by atoms with Crippen molar-refractivity contribution < 1.29 is 17.6 Å². The molecule has 2 rings (SSSR count). The Hall–Kier alpha value is -1.98. The SMILES string of the molecule is CC(CC#N)N(C)C(=O)c1ccc(F)c(S(=O)(=O)NC2CC2)c1. The minimum Gasteiger partial charge on any atom is -0.338 e. The number of nitrogens with zero attached hydrogens (tertiary/aromatic N) is 2. The molecule has 1 aromatic carbocycles. The van der Waals surface area contributed by atoms with Gasteiger partial charge in [-0.25, -0.2) is 17.5 Å². The molecule has 0 saturated heterocycles. The van der Waals surface area contributed by atoms with Gasteiger partial charge in [0, 0.05) is 24.7 Å². The first-order chi connectivity index (χ1) is 10.8. The van der Waals surface area contributed by atoms with Crippen molar-refractivity contribution in [2.45, 2.75) is 43.2 Å². The zero-order valence-corrected chi connectivity index (χ0v) is 13.7. The van der Waals surface area contributed by atoms with Gasteiger partial charge in [0.1, 0.15) is 10.7 Å². The standard InChI is InChI=1S/C15H18FN3O3S/c1-10(7-8-17)19(2)15(20)11-3-6-13(16)14(9-11)23(21,22)18-12-4-5-12/h3,6,9-10,12,18H,4-5,7H2,1-2H3. The molecule has 0 aliphatic heterocycles.